The van der Waals surface area contributed by atoms with Crippen molar-refractivity contribution in [3.05, 3.63) is 57.6 Å². The SMILES string of the molecule is COc1ccc(CC(CI)NC[C@H](O)c2ccc(Cl)c(Cl)c2)cc1OC. The molecule has 0 aliphatic rings. The maximum absolute atomic E-state index is 10.4. The molecule has 142 valence electrons. The minimum atomic E-state index is -0.652. The van der Waals surface area contributed by atoms with Gasteiger partial charge in [-0.1, -0.05) is 57.9 Å². The molecule has 7 heteroatoms. The number of methoxy groups -OCH3 is 2. The maximum Gasteiger partial charge on any atom is 0.160 e. The van der Waals surface area contributed by atoms with Crippen LogP contribution >= 0.6 is 45.8 Å². The molecule has 2 N–H and O–H groups in total. The minimum Gasteiger partial charge on any atom is -0.493 e. The average Bonchev–Trinajstić information content (AvgIpc) is 2.66. The summed E-state index contributed by atoms with van der Waals surface area (Å²) in [5, 5.41) is 14.7. The van der Waals surface area contributed by atoms with Gasteiger partial charge in [-0.3, -0.25) is 0 Å². The van der Waals surface area contributed by atoms with Gasteiger partial charge in [0.05, 0.1) is 30.4 Å². The second kappa shape index (κ2) is 10.6. The van der Waals surface area contributed by atoms with E-state index in [4.69, 9.17) is 32.7 Å². The highest BCUT2D eigenvalue weighted by atomic mass is 127. The first-order chi connectivity index (χ1) is 12.5. The predicted octanol–water partition coefficient (Wildman–Crippen LogP) is 4.68. The van der Waals surface area contributed by atoms with Gasteiger partial charge in [0.15, 0.2) is 11.5 Å². The summed E-state index contributed by atoms with van der Waals surface area (Å²) in [4.78, 5) is 0. The van der Waals surface area contributed by atoms with Crippen LogP contribution in [-0.2, 0) is 6.42 Å². The van der Waals surface area contributed by atoms with Crippen LogP contribution in [0.15, 0.2) is 36.4 Å². The number of ether oxygens (including phenoxy) is 2. The summed E-state index contributed by atoms with van der Waals surface area (Å²) < 4.78 is 11.5. The molecule has 0 aliphatic carbocycles. The van der Waals surface area contributed by atoms with E-state index in [2.05, 4.69) is 27.9 Å². The molecule has 26 heavy (non-hydrogen) atoms. The van der Waals surface area contributed by atoms with E-state index in [0.29, 0.717) is 28.1 Å². The van der Waals surface area contributed by atoms with Crippen LogP contribution in [0.2, 0.25) is 10.0 Å². The summed E-state index contributed by atoms with van der Waals surface area (Å²) in [7, 11) is 3.25. The molecule has 2 atom stereocenters. The summed E-state index contributed by atoms with van der Waals surface area (Å²) in [6.07, 6.45) is 0.165. The van der Waals surface area contributed by atoms with Crippen LogP contribution in [0, 0.1) is 0 Å². The molecule has 0 radical (unpaired) electrons. The van der Waals surface area contributed by atoms with E-state index in [0.717, 1.165) is 22.0 Å². The van der Waals surface area contributed by atoms with Crippen LogP contribution < -0.4 is 14.8 Å². The van der Waals surface area contributed by atoms with Gasteiger partial charge in [-0.25, -0.2) is 0 Å². The molecular weight excluding hydrogens is 488 g/mol. The van der Waals surface area contributed by atoms with Gasteiger partial charge in [-0.15, -0.1) is 0 Å². The summed E-state index contributed by atoms with van der Waals surface area (Å²) >= 11 is 14.3. The van der Waals surface area contributed by atoms with Gasteiger partial charge in [0.1, 0.15) is 0 Å². The van der Waals surface area contributed by atoms with Crippen molar-refractivity contribution in [2.24, 2.45) is 0 Å². The van der Waals surface area contributed by atoms with Crippen molar-refractivity contribution < 1.29 is 14.6 Å². The molecule has 2 rings (SSSR count). The van der Waals surface area contributed by atoms with Gasteiger partial charge in [0, 0.05) is 17.0 Å². The molecule has 0 aliphatic heterocycles. The standard InChI is InChI=1S/C19H22Cl2INO3/c1-25-18-6-3-12(8-19(18)26-2)7-14(10-22)23-11-17(24)13-4-5-15(20)16(21)9-13/h3-6,8-9,14,17,23-24H,7,10-11H2,1-2H3/t14?,17-/m0/s1. The zero-order valence-corrected chi connectivity index (χ0v) is 18.3. The molecule has 0 heterocycles. The van der Waals surface area contributed by atoms with E-state index in [-0.39, 0.29) is 6.04 Å². The molecule has 2 aromatic rings. The first kappa shape index (κ1) is 21.6. The largest absolute Gasteiger partial charge is 0.493 e. The van der Waals surface area contributed by atoms with Crippen molar-refractivity contribution in [2.75, 3.05) is 25.2 Å². The Morgan fingerprint density at radius 2 is 1.77 bits per heavy atom. The molecule has 0 aromatic heterocycles. The number of nitrogens with one attached hydrogen (secondary N) is 1. The lowest BCUT2D eigenvalue weighted by Crippen LogP contribution is -2.35. The lowest BCUT2D eigenvalue weighted by atomic mass is 10.1. The summed E-state index contributed by atoms with van der Waals surface area (Å²) in [6.45, 7) is 0.429. The predicted molar refractivity (Wildman–Crippen MR) is 115 cm³/mol. The molecule has 4 nitrogen and oxygen atoms in total. The van der Waals surface area contributed by atoms with Gasteiger partial charge >= 0.3 is 0 Å². The number of alkyl halides is 1. The number of benzene rings is 2. The zero-order chi connectivity index (χ0) is 19.1. The molecule has 0 amide bonds. The van der Waals surface area contributed by atoms with Gasteiger partial charge in [0.2, 0.25) is 0 Å². The zero-order valence-electron chi connectivity index (χ0n) is 14.6. The highest BCUT2D eigenvalue weighted by Gasteiger charge is 2.14. The first-order valence-electron chi connectivity index (χ1n) is 8.11. The van der Waals surface area contributed by atoms with Crippen LogP contribution in [0.4, 0.5) is 0 Å². The highest BCUT2D eigenvalue weighted by Crippen LogP contribution is 2.28. The Kier molecular flexibility index (Phi) is 8.76. The summed E-state index contributed by atoms with van der Waals surface area (Å²) in [5.74, 6) is 1.43. The van der Waals surface area contributed by atoms with Crippen LogP contribution in [0.1, 0.15) is 17.2 Å². The van der Waals surface area contributed by atoms with Crippen LogP contribution in [-0.4, -0.2) is 36.3 Å². The molecular formula is C19H22Cl2INO3. The van der Waals surface area contributed by atoms with Crippen molar-refractivity contribution in [1.29, 1.82) is 0 Å². The average molecular weight is 510 g/mol. The second-order valence-electron chi connectivity index (χ2n) is 5.84. The van der Waals surface area contributed by atoms with E-state index in [9.17, 15) is 5.11 Å². The number of halogens is 3. The number of aliphatic hydroxyl groups is 1. The van der Waals surface area contributed by atoms with Crippen LogP contribution in [0.3, 0.4) is 0 Å². The quantitative estimate of drug-likeness (QED) is 0.380. The molecule has 1 unspecified atom stereocenters. The normalized spacial score (nSPS) is 13.3. The molecule has 0 saturated carbocycles. The minimum absolute atomic E-state index is 0.214. The van der Waals surface area contributed by atoms with E-state index in [1.54, 1.807) is 32.4 Å². The van der Waals surface area contributed by atoms with Gasteiger partial charge < -0.3 is 19.9 Å². The van der Waals surface area contributed by atoms with Crippen LogP contribution in [0.25, 0.3) is 0 Å². The summed E-state index contributed by atoms with van der Waals surface area (Å²) in [5.41, 5.74) is 1.88. The smallest absolute Gasteiger partial charge is 0.160 e. The fraction of sp³-hybridized carbons (Fsp3) is 0.368. The first-order valence-corrected chi connectivity index (χ1v) is 10.4. The second-order valence-corrected chi connectivity index (χ2v) is 7.54. The van der Waals surface area contributed by atoms with E-state index in [1.165, 1.54) is 0 Å². The Labute approximate surface area is 177 Å². The van der Waals surface area contributed by atoms with Gasteiger partial charge in [-0.05, 0) is 41.8 Å². The lowest BCUT2D eigenvalue weighted by molar-refractivity contribution is 0.171. The topological polar surface area (TPSA) is 50.7 Å². The molecule has 2 aromatic carbocycles. The highest BCUT2D eigenvalue weighted by molar-refractivity contribution is 14.1. The number of hydrogen-bond donors (Lipinski definition) is 2. The fourth-order valence-corrected chi connectivity index (χ4v) is 3.52. The Morgan fingerprint density at radius 1 is 1.04 bits per heavy atom. The van der Waals surface area contributed by atoms with Crippen LogP contribution in [0.5, 0.6) is 11.5 Å². The summed E-state index contributed by atoms with van der Waals surface area (Å²) in [6, 6.07) is 11.3. The van der Waals surface area contributed by atoms with E-state index < -0.39 is 6.10 Å². The third kappa shape index (κ3) is 5.89. The van der Waals surface area contributed by atoms with Crippen molar-refractivity contribution in [1.82, 2.24) is 5.32 Å². The molecule has 0 spiro atoms. The Balaban J connectivity index is 1.97. The number of rotatable bonds is 9. The number of aliphatic hydroxyl groups excluding tert-OH is 1. The fourth-order valence-electron chi connectivity index (χ4n) is 2.59. The molecule has 0 saturated heterocycles. The monoisotopic (exact) mass is 509 g/mol. The maximum atomic E-state index is 10.4. The van der Waals surface area contributed by atoms with Crippen molar-refractivity contribution >= 4 is 45.8 Å². The molecule has 0 bridgehead atoms. The van der Waals surface area contributed by atoms with Crippen molar-refractivity contribution in [2.45, 2.75) is 18.6 Å². The van der Waals surface area contributed by atoms with E-state index in [1.807, 2.05) is 18.2 Å². The van der Waals surface area contributed by atoms with Crippen molar-refractivity contribution in [3.8, 4) is 11.5 Å². The van der Waals surface area contributed by atoms with Gasteiger partial charge in [-0.2, -0.15) is 0 Å². The number of hydrogen-bond acceptors (Lipinski definition) is 4. The Morgan fingerprint density at radius 3 is 2.38 bits per heavy atom. The van der Waals surface area contributed by atoms with Gasteiger partial charge in [0.25, 0.3) is 0 Å². The third-order valence-corrected chi connectivity index (χ3v) is 5.85. The van der Waals surface area contributed by atoms with Crippen molar-refractivity contribution in [3.63, 3.8) is 0 Å². The lowest BCUT2D eigenvalue weighted by Gasteiger charge is -2.20. The van der Waals surface area contributed by atoms with E-state index >= 15 is 0 Å². The Bertz CT molecular complexity index is 730. The molecule has 0 fully saturated rings. The third-order valence-electron chi connectivity index (χ3n) is 4.04. The Hall–Kier alpha value is -0.730.